The van der Waals surface area contributed by atoms with Crippen LogP contribution in [0.3, 0.4) is 0 Å². The van der Waals surface area contributed by atoms with E-state index in [1.165, 1.54) is 19.4 Å². The normalized spacial score (nSPS) is 8.75. The molecule has 1 aromatic heterocycles. The van der Waals surface area contributed by atoms with Gasteiger partial charge in [-0.1, -0.05) is 0 Å². The number of rotatable bonds is 2. The maximum absolute atomic E-state index is 10.7. The Balaban J connectivity index is 0. The van der Waals surface area contributed by atoms with Crippen molar-refractivity contribution < 1.29 is 45.6 Å². The third kappa shape index (κ3) is 3.30. The maximum atomic E-state index is 10.7. The number of hydrogen-bond donors (Lipinski definition) is 2. The summed E-state index contributed by atoms with van der Waals surface area (Å²) in [4.78, 5) is 13.4. The first-order valence-electron chi connectivity index (χ1n) is 3.15. The third-order valence-corrected chi connectivity index (χ3v) is 1.29. The van der Waals surface area contributed by atoms with Gasteiger partial charge in [-0.3, -0.25) is 4.79 Å². The molecular formula is C7H10NNaO3. The Kier molecular flexibility index (Phi) is 5.04. The van der Waals surface area contributed by atoms with Crippen LogP contribution in [0.15, 0.2) is 12.3 Å². The second-order valence-electron chi connectivity index (χ2n) is 2.14. The molecule has 4 nitrogen and oxygen atoms in total. The molecule has 0 spiro atoms. The minimum Gasteiger partial charge on any atom is -1.00 e. The number of methoxy groups -OCH3 is 1. The molecule has 0 atom stereocenters. The Morgan fingerprint density at radius 2 is 2.50 bits per heavy atom. The van der Waals surface area contributed by atoms with Gasteiger partial charge in [0, 0.05) is 18.0 Å². The summed E-state index contributed by atoms with van der Waals surface area (Å²) in [5.41, 5.74) is 0.648. The van der Waals surface area contributed by atoms with Crippen LogP contribution >= 0.6 is 0 Å². The van der Waals surface area contributed by atoms with E-state index in [2.05, 4.69) is 9.72 Å². The summed E-state index contributed by atoms with van der Waals surface area (Å²) >= 11 is 0. The first-order valence-corrected chi connectivity index (χ1v) is 3.15. The van der Waals surface area contributed by atoms with Crippen molar-refractivity contribution in [3.63, 3.8) is 0 Å². The molecule has 0 fully saturated rings. The van der Waals surface area contributed by atoms with E-state index in [9.17, 15) is 4.79 Å². The summed E-state index contributed by atoms with van der Waals surface area (Å²) in [6, 6.07) is 1.48. The van der Waals surface area contributed by atoms with Gasteiger partial charge in [0.15, 0.2) is 0 Å². The van der Waals surface area contributed by atoms with Crippen LogP contribution in [0.2, 0.25) is 0 Å². The predicted octanol–water partition coefficient (Wildman–Crippen LogP) is -2.45. The molecule has 2 N–H and O–H groups in total. The molecule has 0 aliphatic rings. The number of carbonyl (C=O) groups excluding carboxylic acids is 1. The Morgan fingerprint density at radius 3 is 2.92 bits per heavy atom. The van der Waals surface area contributed by atoms with Crippen molar-refractivity contribution in [2.75, 3.05) is 7.11 Å². The molecule has 0 aliphatic heterocycles. The van der Waals surface area contributed by atoms with E-state index in [4.69, 9.17) is 5.11 Å². The molecule has 12 heavy (non-hydrogen) atoms. The zero-order chi connectivity index (χ0) is 8.27. The largest absolute Gasteiger partial charge is 1.00 e. The molecule has 0 aliphatic carbocycles. The summed E-state index contributed by atoms with van der Waals surface area (Å²) in [6.07, 6.45) is 1.58. The van der Waals surface area contributed by atoms with Gasteiger partial charge in [-0.25, -0.2) is 0 Å². The van der Waals surface area contributed by atoms with Crippen molar-refractivity contribution in [3.8, 4) is 5.75 Å². The van der Waals surface area contributed by atoms with E-state index >= 15 is 0 Å². The molecule has 0 saturated heterocycles. The molecule has 1 rings (SSSR count). The minimum absolute atomic E-state index is 0. The molecule has 5 heteroatoms. The molecule has 1 aromatic rings. The third-order valence-electron chi connectivity index (χ3n) is 1.29. The monoisotopic (exact) mass is 179 g/mol. The van der Waals surface area contributed by atoms with Crippen molar-refractivity contribution in [2.24, 2.45) is 0 Å². The second kappa shape index (κ2) is 5.24. The van der Waals surface area contributed by atoms with Gasteiger partial charge in [0.2, 0.25) is 0 Å². The van der Waals surface area contributed by atoms with Crippen molar-refractivity contribution in [2.45, 2.75) is 6.42 Å². The van der Waals surface area contributed by atoms with E-state index < -0.39 is 0 Å². The molecule has 0 radical (unpaired) electrons. The van der Waals surface area contributed by atoms with Crippen molar-refractivity contribution in [1.29, 1.82) is 0 Å². The average Bonchev–Trinajstić information content (AvgIpc) is 2.35. The second-order valence-corrected chi connectivity index (χ2v) is 2.14. The molecule has 0 saturated carbocycles. The minimum atomic E-state index is -0.327. The van der Waals surface area contributed by atoms with E-state index in [0.29, 0.717) is 5.69 Å². The van der Waals surface area contributed by atoms with Gasteiger partial charge in [-0.15, -0.1) is 0 Å². The summed E-state index contributed by atoms with van der Waals surface area (Å²) in [7, 11) is 1.32. The summed E-state index contributed by atoms with van der Waals surface area (Å²) in [5, 5.41) is 8.86. The zero-order valence-electron chi connectivity index (χ0n) is 8.13. The topological polar surface area (TPSA) is 62.3 Å². The number of aromatic hydroxyl groups is 1. The van der Waals surface area contributed by atoms with E-state index in [1.54, 1.807) is 0 Å². The molecule has 62 valence electrons. The number of nitrogens with one attached hydrogen (secondary N) is 1. The predicted molar refractivity (Wildman–Crippen MR) is 39.3 cm³/mol. The van der Waals surface area contributed by atoms with Crippen LogP contribution in [-0.2, 0) is 16.0 Å². The summed E-state index contributed by atoms with van der Waals surface area (Å²) in [6.45, 7) is 0. The van der Waals surface area contributed by atoms with Gasteiger partial charge in [-0.05, 0) is 0 Å². The van der Waals surface area contributed by atoms with Gasteiger partial charge in [-0.2, -0.15) is 0 Å². The molecule has 1 heterocycles. The standard InChI is InChI=1S/C7H9NO3.Na.H/c1-11-7(10)3-5-2-6(9)4-8-5;;/h2,4,8-9H,3H2,1H3;;/q;+1;-1. The van der Waals surface area contributed by atoms with Crippen LogP contribution in [0.4, 0.5) is 0 Å². The first-order chi connectivity index (χ1) is 5.22. The van der Waals surface area contributed by atoms with Crippen molar-refractivity contribution >= 4 is 5.97 Å². The van der Waals surface area contributed by atoms with Gasteiger partial charge >= 0.3 is 35.5 Å². The molecular weight excluding hydrogens is 169 g/mol. The maximum Gasteiger partial charge on any atom is 1.00 e. The Hall–Kier alpha value is -0.450. The van der Waals surface area contributed by atoms with Gasteiger partial charge in [0.25, 0.3) is 0 Å². The van der Waals surface area contributed by atoms with Crippen LogP contribution in [0, 0.1) is 0 Å². The first kappa shape index (κ1) is 11.6. The van der Waals surface area contributed by atoms with E-state index in [-0.39, 0.29) is 49.1 Å². The summed E-state index contributed by atoms with van der Waals surface area (Å²) < 4.78 is 4.42. The average molecular weight is 179 g/mol. The van der Waals surface area contributed by atoms with Crippen LogP contribution in [0.25, 0.3) is 0 Å². The molecule has 0 amide bonds. The van der Waals surface area contributed by atoms with Crippen molar-refractivity contribution in [3.05, 3.63) is 18.0 Å². The van der Waals surface area contributed by atoms with Crippen LogP contribution in [-0.4, -0.2) is 23.2 Å². The number of carbonyl (C=O) groups is 1. The van der Waals surface area contributed by atoms with E-state index in [0.717, 1.165) is 0 Å². The number of aromatic nitrogens is 1. The van der Waals surface area contributed by atoms with Gasteiger partial charge < -0.3 is 16.3 Å². The van der Waals surface area contributed by atoms with Gasteiger partial charge in [0.05, 0.1) is 13.5 Å². The zero-order valence-corrected chi connectivity index (χ0v) is 9.13. The Labute approximate surface area is 93.7 Å². The number of H-pyrrole nitrogens is 1. The quantitative estimate of drug-likeness (QED) is 0.391. The fourth-order valence-corrected chi connectivity index (χ4v) is 0.758. The fourth-order valence-electron chi connectivity index (χ4n) is 0.758. The Morgan fingerprint density at radius 1 is 1.83 bits per heavy atom. The summed E-state index contributed by atoms with van der Waals surface area (Å²) in [5.74, 6) is -0.198. The van der Waals surface area contributed by atoms with Crippen molar-refractivity contribution in [1.82, 2.24) is 4.98 Å². The molecule has 0 unspecified atom stereocenters. The smallest absolute Gasteiger partial charge is 1.00 e. The van der Waals surface area contributed by atoms with Crippen LogP contribution < -0.4 is 29.6 Å². The fraction of sp³-hybridized carbons (Fsp3) is 0.286. The van der Waals surface area contributed by atoms with E-state index in [1.807, 2.05) is 0 Å². The molecule has 0 aromatic carbocycles. The number of esters is 1. The number of aromatic amines is 1. The SMILES string of the molecule is COC(=O)Cc1cc(O)c[nH]1.[H-].[Na+]. The molecule has 0 bridgehead atoms. The van der Waals surface area contributed by atoms with Crippen LogP contribution in [0.1, 0.15) is 7.12 Å². The Bertz CT molecular complexity index is 264. The number of hydrogen-bond acceptors (Lipinski definition) is 3. The van der Waals surface area contributed by atoms with Gasteiger partial charge in [0.1, 0.15) is 5.75 Å². The number of ether oxygens (including phenoxy) is 1. The van der Waals surface area contributed by atoms with Crippen LogP contribution in [0.5, 0.6) is 5.75 Å².